The highest BCUT2D eigenvalue weighted by molar-refractivity contribution is 8.76. The molecule has 0 aromatic carbocycles. The molecule has 0 saturated heterocycles. The van der Waals surface area contributed by atoms with Crippen LogP contribution in [-0.2, 0) is 0 Å². The molecule has 2 heterocycles. The van der Waals surface area contributed by atoms with Crippen molar-refractivity contribution >= 4 is 34.2 Å². The molecule has 0 aliphatic rings. The van der Waals surface area contributed by atoms with E-state index < -0.39 is 0 Å². The molecular weight excluding hydrogens is 248 g/mol. The second kappa shape index (κ2) is 5.09. The standard InChI is InChI=1S/C10H6O4S2/c11-1-7-3-13-5-9(7)15-16-10-6-14-4-8(10)2-12/h1-6H. The lowest BCUT2D eigenvalue weighted by molar-refractivity contribution is 0.111. The largest absolute Gasteiger partial charge is 0.471 e. The molecule has 2 aromatic heterocycles. The molecule has 2 aromatic rings. The Morgan fingerprint density at radius 3 is 1.62 bits per heavy atom. The van der Waals surface area contributed by atoms with Crippen LogP contribution in [0.15, 0.2) is 43.7 Å². The SMILES string of the molecule is O=Cc1cocc1SSc1cocc1C=O. The van der Waals surface area contributed by atoms with Crippen LogP contribution in [0.5, 0.6) is 0 Å². The summed E-state index contributed by atoms with van der Waals surface area (Å²) in [6.45, 7) is 0. The fourth-order valence-corrected chi connectivity index (χ4v) is 3.09. The number of furan rings is 2. The van der Waals surface area contributed by atoms with Gasteiger partial charge in [-0.15, -0.1) is 0 Å². The third-order valence-electron chi connectivity index (χ3n) is 1.78. The lowest BCUT2D eigenvalue weighted by Gasteiger charge is -1.95. The quantitative estimate of drug-likeness (QED) is 0.602. The Bertz CT molecular complexity index is 454. The van der Waals surface area contributed by atoms with E-state index in [0.717, 1.165) is 22.4 Å². The van der Waals surface area contributed by atoms with Crippen molar-refractivity contribution in [3.8, 4) is 0 Å². The lowest BCUT2D eigenvalue weighted by atomic mass is 10.4. The van der Waals surface area contributed by atoms with Crippen molar-refractivity contribution in [2.45, 2.75) is 9.79 Å². The molecule has 0 fully saturated rings. The molecule has 0 amide bonds. The Hall–Kier alpha value is -1.40. The average Bonchev–Trinajstić information content (AvgIpc) is 2.94. The predicted molar refractivity (Wildman–Crippen MR) is 59.9 cm³/mol. The zero-order chi connectivity index (χ0) is 11.4. The van der Waals surface area contributed by atoms with Crippen molar-refractivity contribution < 1.29 is 18.4 Å². The summed E-state index contributed by atoms with van der Waals surface area (Å²) in [6.07, 6.45) is 7.19. The lowest BCUT2D eigenvalue weighted by Crippen LogP contribution is -1.77. The molecule has 0 saturated carbocycles. The van der Waals surface area contributed by atoms with Crippen LogP contribution in [0.2, 0.25) is 0 Å². The minimum Gasteiger partial charge on any atom is -0.471 e. The minimum atomic E-state index is 0.494. The van der Waals surface area contributed by atoms with Crippen LogP contribution in [-0.4, -0.2) is 12.6 Å². The summed E-state index contributed by atoms with van der Waals surface area (Å²) in [5.41, 5.74) is 0.988. The van der Waals surface area contributed by atoms with Crippen LogP contribution in [0.4, 0.5) is 0 Å². The Morgan fingerprint density at radius 1 is 0.812 bits per heavy atom. The van der Waals surface area contributed by atoms with Gasteiger partial charge in [0, 0.05) is 0 Å². The Balaban J connectivity index is 2.07. The molecule has 0 radical (unpaired) electrons. The highest BCUT2D eigenvalue weighted by Crippen LogP contribution is 2.40. The summed E-state index contributed by atoms with van der Waals surface area (Å²) in [7, 11) is 2.68. The number of carbonyl (C=O) groups is 2. The first-order chi connectivity index (χ1) is 7.85. The van der Waals surface area contributed by atoms with Gasteiger partial charge in [-0.05, 0) is 21.6 Å². The molecule has 2 rings (SSSR count). The number of aldehydes is 2. The number of hydrogen-bond donors (Lipinski definition) is 0. The molecule has 0 unspecified atom stereocenters. The molecule has 0 aliphatic carbocycles. The van der Waals surface area contributed by atoms with Gasteiger partial charge in [-0.1, -0.05) is 0 Å². The van der Waals surface area contributed by atoms with E-state index in [2.05, 4.69) is 0 Å². The van der Waals surface area contributed by atoms with Gasteiger partial charge in [0.1, 0.15) is 25.1 Å². The van der Waals surface area contributed by atoms with Gasteiger partial charge in [-0.2, -0.15) is 0 Å². The monoisotopic (exact) mass is 254 g/mol. The number of carbonyl (C=O) groups excluding carboxylic acids is 2. The highest BCUT2D eigenvalue weighted by Gasteiger charge is 2.09. The first-order valence-electron chi connectivity index (χ1n) is 4.22. The van der Waals surface area contributed by atoms with E-state index in [4.69, 9.17) is 8.83 Å². The number of hydrogen-bond acceptors (Lipinski definition) is 6. The summed E-state index contributed by atoms with van der Waals surface area (Å²) in [6, 6.07) is 0. The van der Waals surface area contributed by atoms with E-state index in [9.17, 15) is 9.59 Å². The van der Waals surface area contributed by atoms with Crippen molar-refractivity contribution in [3.63, 3.8) is 0 Å². The minimum absolute atomic E-state index is 0.494. The summed E-state index contributed by atoms with van der Waals surface area (Å²) in [5, 5.41) is 0. The van der Waals surface area contributed by atoms with Crippen LogP contribution in [0.3, 0.4) is 0 Å². The summed E-state index contributed by atoms with van der Waals surface area (Å²) < 4.78 is 9.81. The summed E-state index contributed by atoms with van der Waals surface area (Å²) in [5.74, 6) is 0. The predicted octanol–water partition coefficient (Wildman–Crippen LogP) is 3.30. The maximum absolute atomic E-state index is 10.6. The highest BCUT2D eigenvalue weighted by atomic mass is 33.1. The van der Waals surface area contributed by atoms with Gasteiger partial charge in [0.15, 0.2) is 12.6 Å². The third kappa shape index (κ3) is 2.23. The van der Waals surface area contributed by atoms with Gasteiger partial charge >= 0.3 is 0 Å². The van der Waals surface area contributed by atoms with Gasteiger partial charge in [0.25, 0.3) is 0 Å². The van der Waals surface area contributed by atoms with Crippen LogP contribution in [0.25, 0.3) is 0 Å². The molecule has 0 N–H and O–H groups in total. The van der Waals surface area contributed by atoms with Crippen molar-refractivity contribution in [2.24, 2.45) is 0 Å². The molecule has 6 heteroatoms. The average molecular weight is 254 g/mol. The number of rotatable bonds is 5. The Morgan fingerprint density at radius 2 is 1.25 bits per heavy atom. The van der Waals surface area contributed by atoms with Gasteiger partial charge in [0.2, 0.25) is 0 Å². The molecule has 16 heavy (non-hydrogen) atoms. The summed E-state index contributed by atoms with van der Waals surface area (Å²) >= 11 is 0. The maximum atomic E-state index is 10.6. The van der Waals surface area contributed by atoms with E-state index in [-0.39, 0.29) is 0 Å². The topological polar surface area (TPSA) is 60.4 Å². The first-order valence-corrected chi connectivity index (χ1v) is 6.37. The van der Waals surface area contributed by atoms with Gasteiger partial charge in [-0.25, -0.2) is 0 Å². The second-order valence-electron chi connectivity index (χ2n) is 2.79. The van der Waals surface area contributed by atoms with E-state index >= 15 is 0 Å². The molecule has 0 aliphatic heterocycles. The van der Waals surface area contributed by atoms with Crippen LogP contribution < -0.4 is 0 Å². The van der Waals surface area contributed by atoms with Crippen molar-refractivity contribution in [1.29, 1.82) is 0 Å². The van der Waals surface area contributed by atoms with E-state index in [1.54, 1.807) is 0 Å². The van der Waals surface area contributed by atoms with Crippen LogP contribution in [0.1, 0.15) is 20.7 Å². The molecule has 4 nitrogen and oxygen atoms in total. The zero-order valence-corrected chi connectivity index (χ0v) is 9.55. The molecule has 82 valence electrons. The zero-order valence-electron chi connectivity index (χ0n) is 7.91. The van der Waals surface area contributed by atoms with Crippen molar-refractivity contribution in [3.05, 3.63) is 36.2 Å². The molecular formula is C10H6O4S2. The van der Waals surface area contributed by atoms with Crippen LogP contribution in [0, 0.1) is 0 Å². The third-order valence-corrected chi connectivity index (χ3v) is 4.22. The fourth-order valence-electron chi connectivity index (χ4n) is 0.987. The van der Waals surface area contributed by atoms with Crippen LogP contribution >= 0.6 is 21.6 Å². The van der Waals surface area contributed by atoms with Gasteiger partial charge in [0.05, 0.1) is 20.9 Å². The molecule has 0 atom stereocenters. The van der Waals surface area contributed by atoms with Crippen molar-refractivity contribution in [2.75, 3.05) is 0 Å². The van der Waals surface area contributed by atoms with Gasteiger partial charge < -0.3 is 8.83 Å². The second-order valence-corrected chi connectivity index (χ2v) is 5.00. The Labute approximate surface area is 98.8 Å². The van der Waals surface area contributed by atoms with E-state index in [0.29, 0.717) is 11.1 Å². The van der Waals surface area contributed by atoms with E-state index in [1.165, 1.54) is 46.6 Å². The fraction of sp³-hybridized carbons (Fsp3) is 0. The normalized spacial score (nSPS) is 10.2. The maximum Gasteiger partial charge on any atom is 0.154 e. The Kier molecular flexibility index (Phi) is 3.53. The first kappa shape index (κ1) is 11.1. The van der Waals surface area contributed by atoms with Crippen molar-refractivity contribution in [1.82, 2.24) is 0 Å². The smallest absolute Gasteiger partial charge is 0.154 e. The molecule has 0 spiro atoms. The van der Waals surface area contributed by atoms with E-state index in [1.807, 2.05) is 0 Å². The summed E-state index contributed by atoms with van der Waals surface area (Å²) in [4.78, 5) is 22.7. The van der Waals surface area contributed by atoms with Gasteiger partial charge in [-0.3, -0.25) is 9.59 Å². The molecule has 0 bridgehead atoms.